The van der Waals surface area contributed by atoms with Crippen molar-refractivity contribution in [1.29, 1.82) is 0 Å². The van der Waals surface area contributed by atoms with E-state index in [0.717, 1.165) is 5.52 Å². The van der Waals surface area contributed by atoms with Gasteiger partial charge >= 0.3 is 0 Å². The highest BCUT2D eigenvalue weighted by atomic mass is 35.5. The van der Waals surface area contributed by atoms with Crippen LogP contribution in [0.25, 0.3) is 40.0 Å². The zero-order valence-electron chi connectivity index (χ0n) is 19.9. The number of fused-ring (bicyclic) bond motifs is 1. The van der Waals surface area contributed by atoms with E-state index in [-0.39, 0.29) is 5.91 Å². The van der Waals surface area contributed by atoms with E-state index in [9.17, 15) is 4.79 Å². The van der Waals surface area contributed by atoms with Gasteiger partial charge in [-0.1, -0.05) is 60.8 Å². The number of carbonyl (C=O) groups excluding carboxylic acids is 1. The molecule has 0 saturated heterocycles. The third-order valence-electron chi connectivity index (χ3n) is 5.79. The Morgan fingerprint density at radius 2 is 1.76 bits per heavy atom. The summed E-state index contributed by atoms with van der Waals surface area (Å²) in [5, 5.41) is 4.14. The SMILES string of the molecule is CC(C)c1ccc2oc(-c3cc(NC(=O)C=Cc4ccc(-c5cccc(Cl)c5Cl)o4)ccc3Cl)nc2c1. The molecule has 2 heterocycles. The molecule has 1 amide bonds. The van der Waals surface area contributed by atoms with Crippen molar-refractivity contribution in [2.24, 2.45) is 0 Å². The summed E-state index contributed by atoms with van der Waals surface area (Å²) in [4.78, 5) is 17.2. The number of nitrogens with one attached hydrogen (secondary N) is 1. The van der Waals surface area contributed by atoms with Crippen LogP contribution in [0.5, 0.6) is 0 Å². The van der Waals surface area contributed by atoms with Crippen LogP contribution in [0.3, 0.4) is 0 Å². The maximum Gasteiger partial charge on any atom is 0.248 e. The van der Waals surface area contributed by atoms with E-state index in [1.54, 1.807) is 48.5 Å². The molecule has 0 bridgehead atoms. The lowest BCUT2D eigenvalue weighted by Crippen LogP contribution is -2.07. The van der Waals surface area contributed by atoms with Crippen molar-refractivity contribution in [3.8, 4) is 22.8 Å². The Kier molecular flexibility index (Phi) is 7.11. The minimum atomic E-state index is -0.342. The first kappa shape index (κ1) is 25.2. The smallest absolute Gasteiger partial charge is 0.248 e. The highest BCUT2D eigenvalue weighted by molar-refractivity contribution is 6.43. The Hall–Kier alpha value is -3.51. The van der Waals surface area contributed by atoms with Crippen molar-refractivity contribution in [1.82, 2.24) is 4.98 Å². The predicted octanol–water partition coefficient (Wildman–Crippen LogP) is 9.49. The molecule has 1 N–H and O–H groups in total. The topological polar surface area (TPSA) is 68.3 Å². The predicted molar refractivity (Wildman–Crippen MR) is 150 cm³/mol. The number of rotatable bonds is 6. The molecular formula is C29H21Cl3N2O3. The number of carbonyl (C=O) groups is 1. The van der Waals surface area contributed by atoms with Gasteiger partial charge in [0.15, 0.2) is 5.58 Å². The van der Waals surface area contributed by atoms with Crippen LogP contribution in [0.1, 0.15) is 31.1 Å². The van der Waals surface area contributed by atoms with Crippen LogP contribution in [0.4, 0.5) is 5.69 Å². The number of nitrogens with zero attached hydrogens (tertiary/aromatic N) is 1. The highest BCUT2D eigenvalue weighted by Crippen LogP contribution is 2.35. The average molecular weight is 552 g/mol. The Morgan fingerprint density at radius 1 is 0.919 bits per heavy atom. The molecule has 2 aromatic heterocycles. The fraction of sp³-hybridized carbons (Fsp3) is 0.103. The summed E-state index contributed by atoms with van der Waals surface area (Å²) < 4.78 is 11.7. The van der Waals surface area contributed by atoms with Gasteiger partial charge in [-0.15, -0.1) is 0 Å². The van der Waals surface area contributed by atoms with E-state index in [1.165, 1.54) is 11.6 Å². The molecular weight excluding hydrogens is 531 g/mol. The minimum absolute atomic E-state index is 0.342. The number of oxazole rings is 1. The lowest BCUT2D eigenvalue weighted by atomic mass is 10.0. The van der Waals surface area contributed by atoms with Gasteiger partial charge in [0, 0.05) is 17.3 Å². The molecule has 0 atom stereocenters. The molecule has 5 rings (SSSR count). The first-order valence-corrected chi connectivity index (χ1v) is 12.7. The van der Waals surface area contributed by atoms with Gasteiger partial charge < -0.3 is 14.2 Å². The Morgan fingerprint density at radius 3 is 2.57 bits per heavy atom. The molecule has 3 aromatic carbocycles. The number of aromatic nitrogens is 1. The molecule has 0 radical (unpaired) electrons. The Labute approximate surface area is 228 Å². The molecule has 0 unspecified atom stereocenters. The molecule has 0 aliphatic heterocycles. The van der Waals surface area contributed by atoms with Crippen molar-refractivity contribution in [3.63, 3.8) is 0 Å². The van der Waals surface area contributed by atoms with E-state index < -0.39 is 0 Å². The van der Waals surface area contributed by atoms with Crippen LogP contribution in [0.2, 0.25) is 15.1 Å². The van der Waals surface area contributed by atoms with Gasteiger partial charge in [-0.2, -0.15) is 0 Å². The molecule has 0 aliphatic carbocycles. The zero-order valence-corrected chi connectivity index (χ0v) is 22.2. The molecule has 8 heteroatoms. The van der Waals surface area contributed by atoms with Crippen molar-refractivity contribution in [2.75, 3.05) is 5.32 Å². The zero-order chi connectivity index (χ0) is 26.1. The van der Waals surface area contributed by atoms with E-state index in [4.69, 9.17) is 43.6 Å². The number of benzene rings is 3. The van der Waals surface area contributed by atoms with Crippen molar-refractivity contribution < 1.29 is 13.6 Å². The maximum atomic E-state index is 12.6. The fourth-order valence-corrected chi connectivity index (χ4v) is 4.40. The fourth-order valence-electron chi connectivity index (χ4n) is 3.81. The summed E-state index contributed by atoms with van der Waals surface area (Å²) >= 11 is 18.8. The molecule has 0 spiro atoms. The van der Waals surface area contributed by atoms with Crippen LogP contribution < -0.4 is 5.32 Å². The monoisotopic (exact) mass is 550 g/mol. The molecule has 5 aromatic rings. The third kappa shape index (κ3) is 5.44. The molecule has 0 fully saturated rings. The van der Waals surface area contributed by atoms with Crippen LogP contribution in [0.15, 0.2) is 81.6 Å². The Balaban J connectivity index is 1.32. The summed E-state index contributed by atoms with van der Waals surface area (Å²) in [6, 6.07) is 19.9. The summed E-state index contributed by atoms with van der Waals surface area (Å²) in [5.74, 6) is 1.46. The van der Waals surface area contributed by atoms with E-state index in [1.807, 2.05) is 24.3 Å². The lowest BCUT2D eigenvalue weighted by molar-refractivity contribution is -0.111. The minimum Gasteiger partial charge on any atom is -0.457 e. The summed E-state index contributed by atoms with van der Waals surface area (Å²) in [7, 11) is 0. The van der Waals surface area contributed by atoms with Gasteiger partial charge in [0.05, 0.1) is 20.6 Å². The van der Waals surface area contributed by atoms with E-state index >= 15 is 0 Å². The van der Waals surface area contributed by atoms with Gasteiger partial charge in [-0.25, -0.2) is 4.98 Å². The van der Waals surface area contributed by atoms with Crippen LogP contribution in [-0.2, 0) is 4.79 Å². The third-order valence-corrected chi connectivity index (χ3v) is 6.93. The maximum absolute atomic E-state index is 12.6. The molecule has 0 aliphatic rings. The highest BCUT2D eigenvalue weighted by Gasteiger charge is 2.15. The van der Waals surface area contributed by atoms with Gasteiger partial charge in [0.2, 0.25) is 11.8 Å². The normalized spacial score (nSPS) is 11.6. The number of amides is 1. The molecule has 37 heavy (non-hydrogen) atoms. The van der Waals surface area contributed by atoms with Crippen LogP contribution in [-0.4, -0.2) is 10.9 Å². The molecule has 5 nitrogen and oxygen atoms in total. The van der Waals surface area contributed by atoms with Gasteiger partial charge in [-0.3, -0.25) is 4.79 Å². The van der Waals surface area contributed by atoms with Crippen molar-refractivity contribution in [3.05, 3.63) is 99.2 Å². The second-order valence-corrected chi connectivity index (χ2v) is 9.91. The number of hydrogen-bond acceptors (Lipinski definition) is 4. The summed E-state index contributed by atoms with van der Waals surface area (Å²) in [6.07, 6.45) is 2.95. The van der Waals surface area contributed by atoms with Crippen LogP contribution in [0, 0.1) is 0 Å². The largest absolute Gasteiger partial charge is 0.457 e. The van der Waals surface area contributed by atoms with Gasteiger partial charge in [0.1, 0.15) is 17.0 Å². The summed E-state index contributed by atoms with van der Waals surface area (Å²) in [5.41, 5.74) is 4.40. The molecule has 186 valence electrons. The van der Waals surface area contributed by atoms with Gasteiger partial charge in [0.25, 0.3) is 0 Å². The van der Waals surface area contributed by atoms with Crippen LogP contribution >= 0.6 is 34.8 Å². The van der Waals surface area contributed by atoms with Gasteiger partial charge in [-0.05, 0) is 72.2 Å². The number of anilines is 1. The Bertz CT molecular complexity index is 1650. The quantitative estimate of drug-likeness (QED) is 0.213. The standard InChI is InChI=1S/C29H21Cl3N2O3/c1-16(2)17-6-11-26-24(14-17)34-29(37-26)21-15-18(7-10-22(21)30)33-27(35)13-9-19-8-12-25(36-19)20-4-3-5-23(31)28(20)32/h3-16H,1-2H3,(H,33,35). The van der Waals surface area contributed by atoms with E-state index in [2.05, 4.69) is 24.1 Å². The number of hydrogen-bond donors (Lipinski definition) is 1. The second-order valence-electron chi connectivity index (χ2n) is 8.72. The average Bonchev–Trinajstić information content (AvgIpc) is 3.52. The number of halogens is 3. The number of furan rings is 1. The second kappa shape index (κ2) is 10.5. The first-order chi connectivity index (χ1) is 17.8. The van der Waals surface area contributed by atoms with E-state index in [0.29, 0.717) is 60.8 Å². The molecule has 0 saturated carbocycles. The summed E-state index contributed by atoms with van der Waals surface area (Å²) in [6.45, 7) is 4.25. The van der Waals surface area contributed by atoms with Crippen molar-refractivity contribution in [2.45, 2.75) is 19.8 Å². The first-order valence-electron chi connectivity index (χ1n) is 11.5. The van der Waals surface area contributed by atoms with Crippen molar-refractivity contribution >= 4 is 63.6 Å². The lowest BCUT2D eigenvalue weighted by Gasteiger charge is -2.05.